The smallest absolute Gasteiger partial charge is 0.233 e. The minimum Gasteiger partial charge on any atom is -0.378 e. The van der Waals surface area contributed by atoms with Gasteiger partial charge < -0.3 is 15.5 Å². The summed E-state index contributed by atoms with van der Waals surface area (Å²) in [6, 6.07) is 13.9. The molecule has 6 heteroatoms. The lowest BCUT2D eigenvalue weighted by molar-refractivity contribution is -0.123. The van der Waals surface area contributed by atoms with E-state index in [4.69, 9.17) is 0 Å². The van der Waals surface area contributed by atoms with Crippen LogP contribution >= 0.6 is 0 Å². The van der Waals surface area contributed by atoms with Crippen LogP contribution < -0.4 is 15.5 Å². The number of nitrogens with one attached hydrogen (secondary N) is 2. The fourth-order valence-corrected chi connectivity index (χ4v) is 2.22. The number of rotatable bonds is 6. The summed E-state index contributed by atoms with van der Waals surface area (Å²) in [6.07, 6.45) is -0.306. The molecule has 0 spiro atoms. The Hall–Kier alpha value is -3.15. The maximum Gasteiger partial charge on any atom is 0.233 e. The maximum atomic E-state index is 12.0. The first-order valence-corrected chi connectivity index (χ1v) is 7.83. The minimum atomic E-state index is -0.442. The van der Waals surface area contributed by atoms with Crippen molar-refractivity contribution in [3.63, 3.8) is 0 Å². The van der Waals surface area contributed by atoms with Gasteiger partial charge in [0.25, 0.3) is 0 Å². The van der Waals surface area contributed by atoms with Gasteiger partial charge >= 0.3 is 0 Å². The number of carbonyl (C=O) groups is 3. The standard InChI is InChI=1S/C19H21N3O3/c1-13(23)14-5-4-6-16(11-14)21-19(25)12-18(24)20-15-7-9-17(10-8-15)22(2)3/h4-11H,12H2,1-3H3,(H,20,24)(H,21,25). The molecule has 0 saturated carbocycles. The molecule has 2 amide bonds. The van der Waals surface area contributed by atoms with E-state index in [1.54, 1.807) is 36.4 Å². The molecular formula is C19H21N3O3. The van der Waals surface area contributed by atoms with E-state index in [1.165, 1.54) is 6.92 Å². The number of carbonyl (C=O) groups excluding carboxylic acids is 3. The van der Waals surface area contributed by atoms with Crippen LogP contribution in [-0.2, 0) is 9.59 Å². The Morgan fingerprint density at radius 1 is 0.880 bits per heavy atom. The molecule has 6 nitrogen and oxygen atoms in total. The highest BCUT2D eigenvalue weighted by Gasteiger charge is 2.11. The molecule has 0 atom stereocenters. The van der Waals surface area contributed by atoms with Gasteiger partial charge in [-0.15, -0.1) is 0 Å². The Morgan fingerprint density at radius 2 is 1.48 bits per heavy atom. The zero-order valence-electron chi connectivity index (χ0n) is 14.5. The predicted octanol–water partition coefficient (Wildman–Crippen LogP) is 2.92. The van der Waals surface area contributed by atoms with E-state index in [0.29, 0.717) is 16.9 Å². The number of hydrogen-bond donors (Lipinski definition) is 2. The van der Waals surface area contributed by atoms with Crippen LogP contribution in [0.15, 0.2) is 48.5 Å². The second-order valence-electron chi connectivity index (χ2n) is 5.85. The summed E-state index contributed by atoms with van der Waals surface area (Å²) in [7, 11) is 3.86. The Morgan fingerprint density at radius 3 is 2.04 bits per heavy atom. The lowest BCUT2D eigenvalue weighted by atomic mass is 10.1. The van der Waals surface area contributed by atoms with Crippen LogP contribution in [-0.4, -0.2) is 31.7 Å². The minimum absolute atomic E-state index is 0.0880. The zero-order valence-corrected chi connectivity index (χ0v) is 14.5. The van der Waals surface area contributed by atoms with E-state index in [-0.39, 0.29) is 12.2 Å². The maximum absolute atomic E-state index is 12.0. The molecule has 0 aliphatic heterocycles. The molecule has 0 bridgehead atoms. The normalized spacial score (nSPS) is 10.0. The van der Waals surface area contributed by atoms with Crippen LogP contribution in [0.5, 0.6) is 0 Å². The van der Waals surface area contributed by atoms with E-state index in [0.717, 1.165) is 5.69 Å². The Balaban J connectivity index is 1.90. The molecule has 2 rings (SSSR count). The van der Waals surface area contributed by atoms with Gasteiger partial charge in [0.2, 0.25) is 11.8 Å². The summed E-state index contributed by atoms with van der Waals surface area (Å²) < 4.78 is 0. The highest BCUT2D eigenvalue weighted by atomic mass is 16.2. The van der Waals surface area contributed by atoms with Crippen molar-refractivity contribution in [2.45, 2.75) is 13.3 Å². The SMILES string of the molecule is CC(=O)c1cccc(NC(=O)CC(=O)Nc2ccc(N(C)C)cc2)c1. The van der Waals surface area contributed by atoms with E-state index < -0.39 is 11.8 Å². The molecule has 0 unspecified atom stereocenters. The first kappa shape index (κ1) is 18.2. The number of anilines is 3. The highest BCUT2D eigenvalue weighted by Crippen LogP contribution is 2.16. The van der Waals surface area contributed by atoms with Crippen LogP contribution in [0.1, 0.15) is 23.7 Å². The third-order valence-electron chi connectivity index (χ3n) is 3.54. The lowest BCUT2D eigenvalue weighted by Gasteiger charge is -2.13. The number of amides is 2. The first-order chi connectivity index (χ1) is 11.8. The average molecular weight is 339 g/mol. The van der Waals surface area contributed by atoms with Crippen LogP contribution in [0.3, 0.4) is 0 Å². The molecule has 0 aliphatic carbocycles. The van der Waals surface area contributed by atoms with Crippen LogP contribution in [0.2, 0.25) is 0 Å². The van der Waals surface area contributed by atoms with Gasteiger partial charge in [0.15, 0.2) is 5.78 Å². The number of ketones is 1. The zero-order chi connectivity index (χ0) is 18.4. The quantitative estimate of drug-likeness (QED) is 0.626. The average Bonchev–Trinajstić information content (AvgIpc) is 2.55. The van der Waals surface area contributed by atoms with Crippen molar-refractivity contribution < 1.29 is 14.4 Å². The fourth-order valence-electron chi connectivity index (χ4n) is 2.22. The number of hydrogen-bond acceptors (Lipinski definition) is 4. The van der Waals surface area contributed by atoms with Crippen molar-refractivity contribution in [2.24, 2.45) is 0 Å². The lowest BCUT2D eigenvalue weighted by Crippen LogP contribution is -2.21. The molecule has 0 radical (unpaired) electrons. The molecule has 2 N–H and O–H groups in total. The molecule has 0 saturated heterocycles. The summed E-state index contributed by atoms with van der Waals surface area (Å²) in [5.74, 6) is -0.934. The van der Waals surface area contributed by atoms with Crippen LogP contribution in [0, 0.1) is 0 Å². The van der Waals surface area contributed by atoms with Gasteiger partial charge in [0.1, 0.15) is 6.42 Å². The van der Waals surface area contributed by atoms with Crippen molar-refractivity contribution in [3.05, 3.63) is 54.1 Å². The van der Waals surface area contributed by atoms with Gasteiger partial charge in [-0.05, 0) is 43.3 Å². The molecule has 0 heterocycles. The fraction of sp³-hybridized carbons (Fsp3) is 0.211. The van der Waals surface area contributed by atoms with Gasteiger partial charge in [-0.1, -0.05) is 12.1 Å². The summed E-state index contributed by atoms with van der Waals surface area (Å²) in [5.41, 5.74) is 2.63. The molecule has 25 heavy (non-hydrogen) atoms. The van der Waals surface area contributed by atoms with Crippen molar-refractivity contribution >= 4 is 34.7 Å². The number of nitrogens with zero attached hydrogens (tertiary/aromatic N) is 1. The molecular weight excluding hydrogens is 318 g/mol. The summed E-state index contributed by atoms with van der Waals surface area (Å²) in [5, 5.41) is 5.30. The van der Waals surface area contributed by atoms with Gasteiger partial charge in [0.05, 0.1) is 0 Å². The Labute approximate surface area is 146 Å². The summed E-state index contributed by atoms with van der Waals surface area (Å²) in [4.78, 5) is 37.2. The molecule has 2 aromatic rings. The molecule has 130 valence electrons. The molecule has 0 aliphatic rings. The van der Waals surface area contributed by atoms with Crippen molar-refractivity contribution in [1.29, 1.82) is 0 Å². The Bertz CT molecular complexity index is 783. The highest BCUT2D eigenvalue weighted by molar-refractivity contribution is 6.08. The first-order valence-electron chi connectivity index (χ1n) is 7.83. The van der Waals surface area contributed by atoms with Gasteiger partial charge in [-0.2, -0.15) is 0 Å². The molecule has 0 fully saturated rings. The Kier molecular flexibility index (Phi) is 5.89. The largest absolute Gasteiger partial charge is 0.378 e. The van der Waals surface area contributed by atoms with Crippen molar-refractivity contribution in [1.82, 2.24) is 0 Å². The van der Waals surface area contributed by atoms with Gasteiger partial charge in [0, 0.05) is 36.7 Å². The third kappa shape index (κ3) is 5.46. The predicted molar refractivity (Wildman–Crippen MR) is 99.1 cm³/mol. The van der Waals surface area contributed by atoms with Gasteiger partial charge in [-0.3, -0.25) is 14.4 Å². The monoisotopic (exact) mass is 339 g/mol. The van der Waals surface area contributed by atoms with Gasteiger partial charge in [-0.25, -0.2) is 0 Å². The van der Waals surface area contributed by atoms with Crippen LogP contribution in [0.4, 0.5) is 17.1 Å². The molecule has 2 aromatic carbocycles. The summed E-state index contributed by atoms with van der Waals surface area (Å²) in [6.45, 7) is 1.45. The number of Topliss-reactive ketones (excluding diaryl/α,β-unsaturated/α-hetero) is 1. The second-order valence-corrected chi connectivity index (χ2v) is 5.85. The van der Waals surface area contributed by atoms with E-state index in [9.17, 15) is 14.4 Å². The van der Waals surface area contributed by atoms with E-state index in [2.05, 4.69) is 10.6 Å². The second kappa shape index (κ2) is 8.10. The van der Waals surface area contributed by atoms with E-state index in [1.807, 2.05) is 31.1 Å². The molecule has 0 aromatic heterocycles. The third-order valence-corrected chi connectivity index (χ3v) is 3.54. The van der Waals surface area contributed by atoms with Crippen molar-refractivity contribution in [2.75, 3.05) is 29.6 Å². The number of benzene rings is 2. The van der Waals surface area contributed by atoms with Crippen molar-refractivity contribution in [3.8, 4) is 0 Å². The summed E-state index contributed by atoms with van der Waals surface area (Å²) >= 11 is 0. The van der Waals surface area contributed by atoms with Crippen LogP contribution in [0.25, 0.3) is 0 Å². The topological polar surface area (TPSA) is 78.5 Å². The van der Waals surface area contributed by atoms with E-state index >= 15 is 0 Å².